The van der Waals surface area contributed by atoms with Crippen molar-refractivity contribution in [3.63, 3.8) is 0 Å². The highest BCUT2D eigenvalue weighted by atomic mass is 35.5. The number of nitrogens with zero attached hydrogens (tertiary/aromatic N) is 7. The Morgan fingerprint density at radius 1 is 0.744 bits per heavy atom. The second-order valence-electron chi connectivity index (χ2n) is 17.5. The van der Waals surface area contributed by atoms with E-state index in [0.717, 1.165) is 10.2 Å². The van der Waals surface area contributed by atoms with Gasteiger partial charge < -0.3 is 87.4 Å². The Bertz CT molecular complexity index is 2860. The largest absolute Gasteiger partial charge is 0.420 e. The molecular formula is C47H63ClF3N9O20P2. The first-order valence-corrected chi connectivity index (χ1v) is 29.2. The molecule has 1 aliphatic heterocycles. The van der Waals surface area contributed by atoms with E-state index in [1.807, 2.05) is 0 Å². The van der Waals surface area contributed by atoms with Crippen LogP contribution in [0.3, 0.4) is 0 Å². The number of carbonyl (C=O) groups is 2. The van der Waals surface area contributed by atoms with Gasteiger partial charge in [0.1, 0.15) is 35.6 Å². The van der Waals surface area contributed by atoms with Crippen LogP contribution in [0.1, 0.15) is 30.3 Å². The maximum atomic E-state index is 13.6. The summed E-state index contributed by atoms with van der Waals surface area (Å²) in [4.78, 5) is 60.6. The van der Waals surface area contributed by atoms with Gasteiger partial charge in [-0.15, -0.1) is 5.10 Å². The number of aliphatic hydroxyl groups is 2. The van der Waals surface area contributed by atoms with Crippen molar-refractivity contribution in [2.75, 3.05) is 122 Å². The number of amides is 1. The fourth-order valence-corrected chi connectivity index (χ4v) is 9.98. The molecule has 1 aliphatic rings. The average Bonchev–Trinajstić information content (AvgIpc) is 4.36. The van der Waals surface area contributed by atoms with Crippen LogP contribution >= 0.6 is 26.8 Å². The molecule has 0 bridgehead atoms. The van der Waals surface area contributed by atoms with Crippen molar-refractivity contribution in [2.45, 2.75) is 57.1 Å². The van der Waals surface area contributed by atoms with E-state index in [9.17, 15) is 47.0 Å². The number of halogens is 4. The number of rotatable bonds is 40. The molecule has 6 rings (SSSR count). The standard InChI is InChI=1S/C47H63ClF3N9O20P2/c48-47-55-44(35-26-53-60(45(35)56-47)46-42(64)41(63)38(79-46)29-78-82(68,69)30-81(65,66)67)52-25-31-1-3-33(4-2-31)54-39(61)5-8-70-11-14-73-19-20-76-21-22-77-28-34-27-59(58-57-34)7-10-72-13-16-75-18-17-74-15-12-71-9-6-40(62)80-43-36(50)23-32(49)24-37(43)51/h1-4,23-24,26-27,38,41-42,46,63-64H,5-22,25,28-30H2,(H,54,61)(H,68,69)(H,52,55,56)(H2,65,66,67)/t38-,41-,42-,46-/m1/s1. The molecule has 1 unspecified atom stereocenters. The van der Waals surface area contributed by atoms with Gasteiger partial charge in [0.15, 0.2) is 29.4 Å². The van der Waals surface area contributed by atoms with Gasteiger partial charge >= 0.3 is 21.2 Å². The molecule has 0 radical (unpaired) electrons. The van der Waals surface area contributed by atoms with Crippen LogP contribution in [0.15, 0.2) is 48.8 Å². The summed E-state index contributed by atoms with van der Waals surface area (Å²) in [5.74, 6) is -7.09. The molecule has 4 heterocycles. The summed E-state index contributed by atoms with van der Waals surface area (Å²) in [7, 11) is -9.67. The normalized spacial score (nSPS) is 17.1. The Labute approximate surface area is 471 Å². The Morgan fingerprint density at radius 3 is 1.93 bits per heavy atom. The molecule has 0 aliphatic carbocycles. The predicted octanol–water partition coefficient (Wildman–Crippen LogP) is 2.71. The lowest BCUT2D eigenvalue weighted by Crippen LogP contribution is -2.33. The number of anilines is 2. The summed E-state index contributed by atoms with van der Waals surface area (Å²) in [6.45, 7) is 4.42. The maximum Gasteiger partial charge on any atom is 0.340 e. The summed E-state index contributed by atoms with van der Waals surface area (Å²) >= 11 is 6.23. The van der Waals surface area contributed by atoms with Crippen LogP contribution in [0.5, 0.6) is 5.75 Å². The Hall–Kier alpha value is -5.19. The first-order valence-electron chi connectivity index (χ1n) is 25.3. The van der Waals surface area contributed by atoms with E-state index < -0.39 is 81.4 Å². The van der Waals surface area contributed by atoms with Gasteiger partial charge in [0, 0.05) is 24.4 Å². The topological polar surface area (TPSA) is 369 Å². The molecule has 5 aromatic rings. The van der Waals surface area contributed by atoms with Crippen molar-refractivity contribution in [2.24, 2.45) is 0 Å². The first-order chi connectivity index (χ1) is 39.3. The Morgan fingerprint density at radius 2 is 1.32 bits per heavy atom. The van der Waals surface area contributed by atoms with Gasteiger partial charge in [-0.05, 0) is 29.3 Å². The molecule has 1 saturated heterocycles. The summed E-state index contributed by atoms with van der Waals surface area (Å²) in [5.41, 5.74) is 2.12. The Balaban J connectivity index is 0.709. The molecule has 0 saturated carbocycles. The van der Waals surface area contributed by atoms with Crippen LogP contribution < -0.4 is 15.4 Å². The third kappa shape index (κ3) is 23.1. The summed E-state index contributed by atoms with van der Waals surface area (Å²) in [6.07, 6.45) is -3.03. The van der Waals surface area contributed by atoms with Crippen molar-refractivity contribution in [3.05, 3.63) is 82.8 Å². The van der Waals surface area contributed by atoms with Crippen molar-refractivity contribution in [1.82, 2.24) is 34.7 Å². The number of hydrogen-bond donors (Lipinski definition) is 7. The van der Waals surface area contributed by atoms with Gasteiger partial charge in [-0.2, -0.15) is 15.1 Å². The van der Waals surface area contributed by atoms with E-state index >= 15 is 0 Å². The zero-order chi connectivity index (χ0) is 58.9. The molecule has 2 aromatic carbocycles. The highest BCUT2D eigenvalue weighted by Crippen LogP contribution is 2.55. The zero-order valence-electron chi connectivity index (χ0n) is 43.9. The number of fused-ring (bicyclic) bond motifs is 1. The van der Waals surface area contributed by atoms with Crippen molar-refractivity contribution >= 4 is 61.2 Å². The van der Waals surface area contributed by atoms with Gasteiger partial charge in [0.25, 0.3) is 0 Å². The monoisotopic (exact) mass is 1230 g/mol. The van der Waals surface area contributed by atoms with Gasteiger partial charge in [-0.1, -0.05) is 17.3 Å². The molecular weight excluding hydrogens is 1160 g/mol. The first kappa shape index (κ1) is 66.0. The molecule has 35 heteroatoms. The molecule has 7 N–H and O–H groups in total. The van der Waals surface area contributed by atoms with Gasteiger partial charge in [-0.25, -0.2) is 22.5 Å². The second-order valence-corrected chi connectivity index (χ2v) is 21.9. The van der Waals surface area contributed by atoms with Crippen LogP contribution in [0.25, 0.3) is 11.0 Å². The molecule has 29 nitrogen and oxygen atoms in total. The third-order valence-electron chi connectivity index (χ3n) is 11.1. The lowest BCUT2D eigenvalue weighted by molar-refractivity contribution is -0.136. The summed E-state index contributed by atoms with van der Waals surface area (Å²) < 4.78 is 125. The molecule has 1 amide bonds. The van der Waals surface area contributed by atoms with E-state index in [4.69, 9.17) is 68.5 Å². The van der Waals surface area contributed by atoms with E-state index in [0.29, 0.717) is 102 Å². The predicted molar refractivity (Wildman–Crippen MR) is 278 cm³/mol. The smallest absolute Gasteiger partial charge is 0.340 e. The van der Waals surface area contributed by atoms with Crippen LogP contribution in [0, 0.1) is 17.5 Å². The van der Waals surface area contributed by atoms with Crippen molar-refractivity contribution in [3.8, 4) is 5.75 Å². The number of hydrogen-bond acceptors (Lipinski definition) is 23. The SMILES string of the molecule is O=C(CCOCCOCCOCCOCc1cn(CCOCCOCCOCCOCCC(=O)Oc2c(F)cc(F)cc2F)nn1)Nc1ccc(CNc2nc(Cl)nc3c2cnn3[C@@H]2O[C@H](COP(=O)(O)CP(=O)(O)O)[C@@H](O)[C@H]2O)cc1. The molecule has 3 aromatic heterocycles. The van der Waals surface area contributed by atoms with E-state index in [2.05, 4.69) is 40.7 Å². The van der Waals surface area contributed by atoms with Crippen molar-refractivity contribution in [1.29, 1.82) is 0 Å². The number of benzene rings is 2. The molecule has 82 heavy (non-hydrogen) atoms. The quantitative estimate of drug-likeness (QED) is 0.00974. The van der Waals surface area contributed by atoms with Gasteiger partial charge in [0.2, 0.25) is 16.9 Å². The summed E-state index contributed by atoms with van der Waals surface area (Å²) in [5, 5.41) is 39.8. The highest BCUT2D eigenvalue weighted by molar-refractivity contribution is 7.70. The van der Waals surface area contributed by atoms with Gasteiger partial charge in [-0.3, -0.25) is 18.7 Å². The summed E-state index contributed by atoms with van der Waals surface area (Å²) in [6, 6.07) is 7.84. The fourth-order valence-electron chi connectivity index (χ4n) is 7.25. The highest BCUT2D eigenvalue weighted by Gasteiger charge is 2.46. The van der Waals surface area contributed by atoms with E-state index in [1.165, 1.54) is 6.20 Å². The number of nitrogens with one attached hydrogen (secondary N) is 2. The molecule has 454 valence electrons. The maximum absolute atomic E-state index is 13.6. The lowest BCUT2D eigenvalue weighted by Gasteiger charge is -2.18. The third-order valence-corrected chi connectivity index (χ3v) is 14.8. The number of esters is 1. The minimum atomic E-state index is -4.90. The van der Waals surface area contributed by atoms with Gasteiger partial charge in [0.05, 0.1) is 149 Å². The van der Waals surface area contributed by atoms with Crippen LogP contribution in [-0.2, 0) is 85.6 Å². The average molecular weight is 1230 g/mol. The van der Waals surface area contributed by atoms with E-state index in [1.54, 1.807) is 35.1 Å². The number of aromatic nitrogens is 7. The lowest BCUT2D eigenvalue weighted by atomic mass is 10.1. The molecule has 1 fully saturated rings. The van der Waals surface area contributed by atoms with Crippen LogP contribution in [0.2, 0.25) is 5.28 Å². The Kier molecular flexibility index (Phi) is 27.3. The van der Waals surface area contributed by atoms with Crippen LogP contribution in [-0.4, -0.2) is 201 Å². The van der Waals surface area contributed by atoms with E-state index in [-0.39, 0.29) is 81.7 Å². The number of aliphatic hydroxyl groups excluding tert-OH is 2. The fraction of sp³-hybridized carbons (Fsp3) is 0.553. The number of ether oxygens (including phenoxy) is 10. The second kappa shape index (κ2) is 33.9. The van der Waals surface area contributed by atoms with Crippen molar-refractivity contribution < 1.29 is 109 Å². The minimum absolute atomic E-state index is 0.0653. The molecule has 5 atom stereocenters. The molecule has 0 spiro atoms. The number of carbonyl (C=O) groups excluding carboxylic acids is 2. The van der Waals surface area contributed by atoms with Crippen LogP contribution in [0.4, 0.5) is 24.7 Å². The zero-order valence-corrected chi connectivity index (χ0v) is 46.4. The minimum Gasteiger partial charge on any atom is -0.420 e.